The van der Waals surface area contributed by atoms with Crippen LogP contribution in [-0.2, 0) is 13.0 Å². The topological polar surface area (TPSA) is 42.5 Å². The summed E-state index contributed by atoms with van der Waals surface area (Å²) in [7, 11) is 1.69. The summed E-state index contributed by atoms with van der Waals surface area (Å²) in [6.07, 6.45) is 1.24. The third-order valence-electron chi connectivity index (χ3n) is 4.03. The summed E-state index contributed by atoms with van der Waals surface area (Å²) >= 11 is 0. The van der Waals surface area contributed by atoms with Crippen molar-refractivity contribution in [1.29, 1.82) is 0 Å². The molecule has 4 heteroatoms. The highest BCUT2D eigenvalue weighted by molar-refractivity contribution is 5.59. The van der Waals surface area contributed by atoms with Gasteiger partial charge in [-0.05, 0) is 55.3 Å². The standard InChI is InChI=1S/C19H24N2O2/c1-14-12-21-18-11-15(5-8-19(18)23-14)9-10-20-13-16-3-6-17(22-2)7-4-16/h3-8,11,14,20-21H,9-10,12-13H2,1-2H3. The molecular formula is C19H24N2O2. The molecule has 0 aromatic heterocycles. The van der Waals surface area contributed by atoms with Crippen molar-refractivity contribution < 1.29 is 9.47 Å². The van der Waals surface area contributed by atoms with Crippen LogP contribution in [0.25, 0.3) is 0 Å². The first-order valence-electron chi connectivity index (χ1n) is 8.11. The number of benzene rings is 2. The Morgan fingerprint density at radius 2 is 1.96 bits per heavy atom. The zero-order valence-corrected chi connectivity index (χ0v) is 13.8. The van der Waals surface area contributed by atoms with Crippen LogP contribution in [0.1, 0.15) is 18.1 Å². The zero-order chi connectivity index (χ0) is 16.1. The minimum atomic E-state index is 0.236. The number of anilines is 1. The van der Waals surface area contributed by atoms with Gasteiger partial charge >= 0.3 is 0 Å². The van der Waals surface area contributed by atoms with Crippen molar-refractivity contribution in [2.45, 2.75) is 26.0 Å². The van der Waals surface area contributed by atoms with Crippen LogP contribution in [0.3, 0.4) is 0 Å². The molecule has 122 valence electrons. The van der Waals surface area contributed by atoms with Gasteiger partial charge in [-0.1, -0.05) is 18.2 Å². The molecule has 2 N–H and O–H groups in total. The second kappa shape index (κ2) is 7.38. The summed E-state index contributed by atoms with van der Waals surface area (Å²) < 4.78 is 11.0. The molecule has 0 fully saturated rings. The van der Waals surface area contributed by atoms with E-state index in [2.05, 4.69) is 47.9 Å². The molecule has 2 aromatic rings. The molecule has 0 aliphatic carbocycles. The Balaban J connectivity index is 1.47. The second-order valence-corrected chi connectivity index (χ2v) is 5.91. The van der Waals surface area contributed by atoms with Gasteiger partial charge < -0.3 is 20.1 Å². The third-order valence-corrected chi connectivity index (χ3v) is 4.03. The predicted molar refractivity (Wildman–Crippen MR) is 93.4 cm³/mol. The summed E-state index contributed by atoms with van der Waals surface area (Å²) in [5.41, 5.74) is 3.69. The third kappa shape index (κ3) is 4.17. The fraction of sp³-hybridized carbons (Fsp3) is 0.368. The molecule has 0 saturated heterocycles. The lowest BCUT2D eigenvalue weighted by Gasteiger charge is -2.25. The second-order valence-electron chi connectivity index (χ2n) is 5.91. The first kappa shape index (κ1) is 15.7. The Bertz CT molecular complexity index is 640. The summed E-state index contributed by atoms with van der Waals surface area (Å²) in [5.74, 6) is 1.85. The van der Waals surface area contributed by atoms with Crippen molar-refractivity contribution >= 4 is 5.69 Å². The number of hydrogen-bond acceptors (Lipinski definition) is 4. The van der Waals surface area contributed by atoms with Gasteiger partial charge in [-0.3, -0.25) is 0 Å². The lowest BCUT2D eigenvalue weighted by molar-refractivity contribution is 0.226. The van der Waals surface area contributed by atoms with Crippen molar-refractivity contribution in [3.8, 4) is 11.5 Å². The van der Waals surface area contributed by atoms with E-state index in [4.69, 9.17) is 9.47 Å². The van der Waals surface area contributed by atoms with Gasteiger partial charge in [0.25, 0.3) is 0 Å². The smallest absolute Gasteiger partial charge is 0.142 e. The summed E-state index contributed by atoms with van der Waals surface area (Å²) in [6, 6.07) is 14.6. The van der Waals surface area contributed by atoms with E-state index in [0.717, 1.165) is 43.2 Å². The molecule has 1 heterocycles. The minimum absolute atomic E-state index is 0.236. The van der Waals surface area contributed by atoms with Crippen LogP contribution in [0.2, 0.25) is 0 Å². The number of nitrogens with one attached hydrogen (secondary N) is 2. The fourth-order valence-electron chi connectivity index (χ4n) is 2.69. The lowest BCUT2D eigenvalue weighted by Crippen LogP contribution is -2.27. The number of methoxy groups -OCH3 is 1. The first-order valence-corrected chi connectivity index (χ1v) is 8.11. The molecule has 0 saturated carbocycles. The molecule has 2 aromatic carbocycles. The number of rotatable bonds is 6. The molecular weight excluding hydrogens is 288 g/mol. The fourth-order valence-corrected chi connectivity index (χ4v) is 2.69. The molecule has 1 aliphatic rings. The Morgan fingerprint density at radius 1 is 1.17 bits per heavy atom. The monoisotopic (exact) mass is 312 g/mol. The van der Waals surface area contributed by atoms with Crippen molar-refractivity contribution in [3.63, 3.8) is 0 Å². The van der Waals surface area contributed by atoms with Crippen molar-refractivity contribution in [1.82, 2.24) is 5.32 Å². The van der Waals surface area contributed by atoms with Gasteiger partial charge in [0.1, 0.15) is 17.6 Å². The predicted octanol–water partition coefficient (Wildman–Crippen LogP) is 3.22. The first-order chi connectivity index (χ1) is 11.2. The van der Waals surface area contributed by atoms with E-state index in [1.165, 1.54) is 11.1 Å². The summed E-state index contributed by atoms with van der Waals surface area (Å²) in [4.78, 5) is 0. The summed E-state index contributed by atoms with van der Waals surface area (Å²) in [6.45, 7) is 4.76. The van der Waals surface area contributed by atoms with Crippen molar-refractivity contribution in [2.75, 3.05) is 25.5 Å². The Hall–Kier alpha value is -2.20. The molecule has 1 aliphatic heterocycles. The van der Waals surface area contributed by atoms with Crippen LogP contribution in [0.15, 0.2) is 42.5 Å². The SMILES string of the molecule is COc1ccc(CNCCc2ccc3c(c2)NCC(C)O3)cc1. The van der Waals surface area contributed by atoms with Gasteiger partial charge in [-0.25, -0.2) is 0 Å². The Labute approximate surface area is 137 Å². The van der Waals surface area contributed by atoms with Gasteiger partial charge in [-0.2, -0.15) is 0 Å². The van der Waals surface area contributed by atoms with E-state index in [1.54, 1.807) is 7.11 Å². The minimum Gasteiger partial charge on any atom is -0.497 e. The summed E-state index contributed by atoms with van der Waals surface area (Å²) in [5, 5.41) is 6.90. The quantitative estimate of drug-likeness (QED) is 0.804. The average Bonchev–Trinajstić information content (AvgIpc) is 2.59. The van der Waals surface area contributed by atoms with Crippen LogP contribution in [0.4, 0.5) is 5.69 Å². The molecule has 0 bridgehead atoms. The normalized spacial score (nSPS) is 16.2. The van der Waals surface area contributed by atoms with E-state index >= 15 is 0 Å². The van der Waals surface area contributed by atoms with Gasteiger partial charge in [0.15, 0.2) is 0 Å². The molecule has 0 amide bonds. The maximum Gasteiger partial charge on any atom is 0.142 e. The van der Waals surface area contributed by atoms with Crippen molar-refractivity contribution in [3.05, 3.63) is 53.6 Å². The van der Waals surface area contributed by atoms with Gasteiger partial charge in [0.2, 0.25) is 0 Å². The molecule has 3 rings (SSSR count). The highest BCUT2D eigenvalue weighted by atomic mass is 16.5. The van der Waals surface area contributed by atoms with E-state index in [1.807, 2.05) is 12.1 Å². The van der Waals surface area contributed by atoms with Crippen molar-refractivity contribution in [2.24, 2.45) is 0 Å². The van der Waals surface area contributed by atoms with Crippen LogP contribution < -0.4 is 20.1 Å². The molecule has 1 atom stereocenters. The lowest BCUT2D eigenvalue weighted by atomic mass is 10.1. The highest BCUT2D eigenvalue weighted by Gasteiger charge is 2.15. The maximum absolute atomic E-state index is 5.80. The van der Waals surface area contributed by atoms with E-state index in [-0.39, 0.29) is 6.10 Å². The van der Waals surface area contributed by atoms with Crippen LogP contribution in [-0.4, -0.2) is 26.3 Å². The van der Waals surface area contributed by atoms with E-state index in [0.29, 0.717) is 0 Å². The number of ether oxygens (including phenoxy) is 2. The Kier molecular flexibility index (Phi) is 5.03. The number of hydrogen-bond donors (Lipinski definition) is 2. The van der Waals surface area contributed by atoms with E-state index in [9.17, 15) is 0 Å². The molecule has 1 unspecified atom stereocenters. The Morgan fingerprint density at radius 3 is 2.74 bits per heavy atom. The average molecular weight is 312 g/mol. The number of fused-ring (bicyclic) bond motifs is 1. The van der Waals surface area contributed by atoms with Crippen LogP contribution in [0.5, 0.6) is 11.5 Å². The van der Waals surface area contributed by atoms with E-state index < -0.39 is 0 Å². The molecule has 0 spiro atoms. The van der Waals surface area contributed by atoms with Crippen LogP contribution >= 0.6 is 0 Å². The molecule has 23 heavy (non-hydrogen) atoms. The molecule has 4 nitrogen and oxygen atoms in total. The van der Waals surface area contributed by atoms with Gasteiger partial charge in [0, 0.05) is 6.54 Å². The molecule has 0 radical (unpaired) electrons. The maximum atomic E-state index is 5.80. The highest BCUT2D eigenvalue weighted by Crippen LogP contribution is 2.29. The van der Waals surface area contributed by atoms with Gasteiger partial charge in [0.05, 0.1) is 19.3 Å². The zero-order valence-electron chi connectivity index (χ0n) is 13.8. The van der Waals surface area contributed by atoms with Crippen LogP contribution in [0, 0.1) is 0 Å². The van der Waals surface area contributed by atoms with Gasteiger partial charge in [-0.15, -0.1) is 0 Å². The largest absolute Gasteiger partial charge is 0.497 e.